The van der Waals surface area contributed by atoms with Gasteiger partial charge in [0.2, 0.25) is 5.95 Å². The van der Waals surface area contributed by atoms with Gasteiger partial charge in [-0.1, -0.05) is 24.3 Å². The summed E-state index contributed by atoms with van der Waals surface area (Å²) < 4.78 is 0. The van der Waals surface area contributed by atoms with Gasteiger partial charge in [0.05, 0.1) is 0 Å². The molecule has 28 heavy (non-hydrogen) atoms. The third kappa shape index (κ3) is 4.74. The van der Waals surface area contributed by atoms with E-state index in [1.54, 1.807) is 12.4 Å². The molecule has 150 valence electrons. The maximum atomic E-state index is 5.00. The highest BCUT2D eigenvalue weighted by Crippen LogP contribution is 2.32. The largest absolute Gasteiger partial charge is 0.357 e. The quantitative estimate of drug-likeness (QED) is 0.404. The number of aryl methyl sites for hydroxylation is 1. The zero-order valence-corrected chi connectivity index (χ0v) is 18.8. The fraction of sp³-hybridized carbons (Fsp3) is 0.476. The second kappa shape index (κ2) is 10.0. The number of anilines is 1. The predicted octanol–water partition coefficient (Wildman–Crippen LogP) is 2.91. The van der Waals surface area contributed by atoms with Gasteiger partial charge >= 0.3 is 0 Å². The van der Waals surface area contributed by atoms with E-state index in [9.17, 15) is 0 Å². The maximum absolute atomic E-state index is 5.00. The molecule has 7 heteroatoms. The number of aromatic nitrogens is 2. The fourth-order valence-electron chi connectivity index (χ4n) is 4.03. The SMILES string of the molecule is CCNC(=NCC1CCc2ccccc21)N1CCN(c2ncccn2)CC1.I. The van der Waals surface area contributed by atoms with Gasteiger partial charge in [0, 0.05) is 57.6 Å². The number of aliphatic imine (C=N–C) groups is 1. The Morgan fingerprint density at radius 2 is 1.86 bits per heavy atom. The number of halogens is 1. The van der Waals surface area contributed by atoms with Gasteiger partial charge in [-0.05, 0) is 37.0 Å². The number of guanidine groups is 1. The minimum atomic E-state index is 0. The Kier molecular flexibility index (Phi) is 7.47. The first-order chi connectivity index (χ1) is 13.3. The Labute approximate surface area is 184 Å². The van der Waals surface area contributed by atoms with Crippen LogP contribution in [0.25, 0.3) is 0 Å². The summed E-state index contributed by atoms with van der Waals surface area (Å²) in [6.07, 6.45) is 6.00. The predicted molar refractivity (Wildman–Crippen MR) is 125 cm³/mol. The molecule has 1 N–H and O–H groups in total. The lowest BCUT2D eigenvalue weighted by Crippen LogP contribution is -2.53. The van der Waals surface area contributed by atoms with E-state index in [2.05, 4.69) is 56.3 Å². The normalized spacial score (nSPS) is 19.2. The zero-order valence-electron chi connectivity index (χ0n) is 16.4. The van der Waals surface area contributed by atoms with Crippen LogP contribution in [0.1, 0.15) is 30.4 Å². The topological polar surface area (TPSA) is 56.7 Å². The van der Waals surface area contributed by atoms with Crippen molar-refractivity contribution in [3.63, 3.8) is 0 Å². The van der Waals surface area contributed by atoms with Gasteiger partial charge < -0.3 is 15.1 Å². The van der Waals surface area contributed by atoms with Crippen LogP contribution in [0.5, 0.6) is 0 Å². The Morgan fingerprint density at radius 3 is 2.61 bits per heavy atom. The molecule has 1 fully saturated rings. The molecular formula is C21H29IN6. The second-order valence-electron chi connectivity index (χ2n) is 7.15. The highest BCUT2D eigenvalue weighted by Gasteiger charge is 2.24. The molecule has 1 unspecified atom stereocenters. The summed E-state index contributed by atoms with van der Waals surface area (Å²) in [6.45, 7) is 7.59. The van der Waals surface area contributed by atoms with Crippen LogP contribution in [0, 0.1) is 0 Å². The number of nitrogens with zero attached hydrogens (tertiary/aromatic N) is 5. The molecule has 1 aromatic heterocycles. The van der Waals surface area contributed by atoms with Crippen LogP contribution in [-0.2, 0) is 6.42 Å². The van der Waals surface area contributed by atoms with E-state index >= 15 is 0 Å². The first kappa shape index (κ1) is 20.8. The highest BCUT2D eigenvalue weighted by molar-refractivity contribution is 14.0. The third-order valence-corrected chi connectivity index (χ3v) is 5.47. The number of hydrogen-bond donors (Lipinski definition) is 1. The molecule has 0 bridgehead atoms. The molecule has 2 heterocycles. The summed E-state index contributed by atoms with van der Waals surface area (Å²) in [5.74, 6) is 2.41. The highest BCUT2D eigenvalue weighted by atomic mass is 127. The van der Waals surface area contributed by atoms with Crippen molar-refractivity contribution in [2.75, 3.05) is 44.2 Å². The van der Waals surface area contributed by atoms with Crippen LogP contribution in [0.4, 0.5) is 5.95 Å². The van der Waals surface area contributed by atoms with Gasteiger partial charge in [0.15, 0.2) is 5.96 Å². The molecule has 0 amide bonds. The first-order valence-electron chi connectivity index (χ1n) is 9.98. The van der Waals surface area contributed by atoms with E-state index < -0.39 is 0 Å². The first-order valence-corrected chi connectivity index (χ1v) is 9.98. The molecule has 1 aliphatic carbocycles. The molecule has 4 rings (SSSR count). The van der Waals surface area contributed by atoms with Gasteiger partial charge in [-0.3, -0.25) is 4.99 Å². The van der Waals surface area contributed by atoms with E-state index in [4.69, 9.17) is 4.99 Å². The second-order valence-corrected chi connectivity index (χ2v) is 7.15. The van der Waals surface area contributed by atoms with Crippen molar-refractivity contribution in [2.45, 2.75) is 25.7 Å². The van der Waals surface area contributed by atoms with Crippen molar-refractivity contribution in [1.29, 1.82) is 0 Å². The van der Waals surface area contributed by atoms with Gasteiger partial charge in [0.1, 0.15) is 0 Å². The smallest absolute Gasteiger partial charge is 0.225 e. The Bertz CT molecular complexity index is 773. The van der Waals surface area contributed by atoms with Gasteiger partial charge in [0.25, 0.3) is 0 Å². The number of nitrogens with one attached hydrogen (secondary N) is 1. The summed E-state index contributed by atoms with van der Waals surface area (Å²) in [6, 6.07) is 10.7. The van der Waals surface area contributed by atoms with Crippen LogP contribution >= 0.6 is 24.0 Å². The van der Waals surface area contributed by atoms with Crippen molar-refractivity contribution in [3.8, 4) is 0 Å². The Morgan fingerprint density at radius 1 is 1.11 bits per heavy atom. The molecule has 1 atom stereocenters. The molecule has 1 aromatic carbocycles. The number of benzene rings is 1. The lowest BCUT2D eigenvalue weighted by atomic mass is 10.0. The van der Waals surface area contributed by atoms with Crippen molar-refractivity contribution in [1.82, 2.24) is 20.2 Å². The molecular weight excluding hydrogens is 463 g/mol. The van der Waals surface area contributed by atoms with Gasteiger partial charge in [-0.15, -0.1) is 24.0 Å². The maximum Gasteiger partial charge on any atom is 0.225 e. The lowest BCUT2D eigenvalue weighted by molar-refractivity contribution is 0.369. The van der Waals surface area contributed by atoms with E-state index in [0.29, 0.717) is 5.92 Å². The molecule has 2 aliphatic rings. The molecule has 1 aliphatic heterocycles. The monoisotopic (exact) mass is 492 g/mol. The van der Waals surface area contributed by atoms with Crippen LogP contribution in [0.2, 0.25) is 0 Å². The molecule has 1 saturated heterocycles. The van der Waals surface area contributed by atoms with Crippen molar-refractivity contribution >= 4 is 35.9 Å². The summed E-state index contributed by atoms with van der Waals surface area (Å²) in [5, 5.41) is 3.48. The average Bonchev–Trinajstić information content (AvgIpc) is 3.15. The third-order valence-electron chi connectivity index (χ3n) is 5.47. The number of piperazine rings is 1. The molecule has 6 nitrogen and oxygen atoms in total. The van der Waals surface area contributed by atoms with E-state index in [1.165, 1.54) is 24.0 Å². The summed E-state index contributed by atoms with van der Waals surface area (Å²) in [4.78, 5) is 18.3. The van der Waals surface area contributed by atoms with E-state index in [1.807, 2.05) is 6.07 Å². The zero-order chi connectivity index (χ0) is 18.5. The number of hydrogen-bond acceptors (Lipinski definition) is 4. The minimum absolute atomic E-state index is 0. The van der Waals surface area contributed by atoms with Crippen LogP contribution in [-0.4, -0.2) is 60.1 Å². The van der Waals surface area contributed by atoms with E-state index in [0.717, 1.165) is 51.2 Å². The van der Waals surface area contributed by atoms with Gasteiger partial charge in [-0.25, -0.2) is 9.97 Å². The minimum Gasteiger partial charge on any atom is -0.357 e. The number of rotatable bonds is 4. The number of fused-ring (bicyclic) bond motifs is 1. The lowest BCUT2D eigenvalue weighted by Gasteiger charge is -2.36. The van der Waals surface area contributed by atoms with Crippen LogP contribution in [0.3, 0.4) is 0 Å². The Balaban J connectivity index is 0.00000225. The molecule has 0 radical (unpaired) electrons. The van der Waals surface area contributed by atoms with Crippen LogP contribution in [0.15, 0.2) is 47.7 Å². The van der Waals surface area contributed by atoms with Crippen molar-refractivity contribution < 1.29 is 0 Å². The average molecular weight is 492 g/mol. The fourth-order valence-corrected chi connectivity index (χ4v) is 4.03. The molecule has 0 spiro atoms. The van der Waals surface area contributed by atoms with Crippen LogP contribution < -0.4 is 10.2 Å². The summed E-state index contributed by atoms with van der Waals surface area (Å²) in [7, 11) is 0. The summed E-state index contributed by atoms with van der Waals surface area (Å²) >= 11 is 0. The standard InChI is InChI=1S/C21H28N6.HI/c1-2-22-20(25-16-18-9-8-17-6-3-4-7-19(17)18)26-12-14-27(15-13-26)21-23-10-5-11-24-21;/h3-7,10-11,18H,2,8-9,12-16H2,1H3,(H,22,25);1H. The molecule has 2 aromatic rings. The Hall–Kier alpha value is -1.90. The van der Waals surface area contributed by atoms with Gasteiger partial charge in [-0.2, -0.15) is 0 Å². The van der Waals surface area contributed by atoms with Crippen molar-refractivity contribution in [2.24, 2.45) is 4.99 Å². The van der Waals surface area contributed by atoms with Crippen molar-refractivity contribution in [3.05, 3.63) is 53.9 Å². The van der Waals surface area contributed by atoms with E-state index in [-0.39, 0.29) is 24.0 Å². The molecule has 0 saturated carbocycles. The summed E-state index contributed by atoms with van der Waals surface area (Å²) in [5.41, 5.74) is 2.99.